The van der Waals surface area contributed by atoms with Crippen molar-refractivity contribution in [1.82, 2.24) is 30.0 Å². The van der Waals surface area contributed by atoms with Crippen molar-refractivity contribution in [3.05, 3.63) is 152 Å². The molecule has 360 valence electrons. The van der Waals surface area contributed by atoms with Gasteiger partial charge in [0.15, 0.2) is 5.75 Å². The quantitative estimate of drug-likeness (QED) is 0.0301. The smallest absolute Gasteiger partial charge is 0.326 e. The third kappa shape index (κ3) is 13.7. The summed E-state index contributed by atoms with van der Waals surface area (Å²) in [5.41, 5.74) is 11.2. The number of benzene rings is 2. The fourth-order valence-electron chi connectivity index (χ4n) is 7.13. The van der Waals surface area contributed by atoms with Crippen molar-refractivity contribution in [2.75, 3.05) is 52.8 Å². The number of carboxylic acid groups (broad SMARTS) is 1. The van der Waals surface area contributed by atoms with Crippen LogP contribution in [0.4, 0.5) is 0 Å². The molecule has 0 saturated heterocycles. The minimum absolute atomic E-state index is 0.0209. The topological polar surface area (TPSA) is 244 Å². The summed E-state index contributed by atoms with van der Waals surface area (Å²) in [4.78, 5) is 68.0. The molecule has 2 aromatic heterocycles. The average Bonchev–Trinajstić information content (AvgIpc) is 3.31. The number of nitrogens with zero attached hydrogens (tertiary/aromatic N) is 5. The Morgan fingerprint density at radius 3 is 2.25 bits per heavy atom. The molecule has 0 spiro atoms. The summed E-state index contributed by atoms with van der Waals surface area (Å²) in [5.74, 6) is 4.63. The molecule has 2 amide bonds. The summed E-state index contributed by atoms with van der Waals surface area (Å²) in [7, 11) is 1.51. The van der Waals surface area contributed by atoms with Crippen LogP contribution in [-0.4, -0.2) is 113 Å². The normalized spacial score (nSPS) is 15.3. The molecule has 68 heavy (non-hydrogen) atoms. The van der Waals surface area contributed by atoms with Crippen molar-refractivity contribution in [1.29, 1.82) is 0 Å². The first-order valence-electron chi connectivity index (χ1n) is 21.5. The Labute approximate surface area is 403 Å². The van der Waals surface area contributed by atoms with E-state index < -0.39 is 23.5 Å². The molecule has 2 aromatic carbocycles. The van der Waals surface area contributed by atoms with Crippen molar-refractivity contribution in [2.45, 2.75) is 38.8 Å². The first-order chi connectivity index (χ1) is 32.8. The number of ether oxygens (including phenoxy) is 4. The number of carbonyl (C=O) groups excluding carboxylic acids is 3. The highest BCUT2D eigenvalue weighted by Crippen LogP contribution is 2.34. The number of aldehydes is 1. The number of pyridine rings is 1. The Balaban J connectivity index is 1.07. The van der Waals surface area contributed by atoms with E-state index in [0.29, 0.717) is 40.4 Å². The molecule has 1 unspecified atom stereocenters. The van der Waals surface area contributed by atoms with Gasteiger partial charge in [0, 0.05) is 49.8 Å². The van der Waals surface area contributed by atoms with Crippen LogP contribution in [-0.2, 0) is 48.6 Å². The first-order valence-corrected chi connectivity index (χ1v) is 22.2. The highest BCUT2D eigenvalue weighted by molar-refractivity contribution is 6.39. The van der Waals surface area contributed by atoms with Crippen LogP contribution < -0.4 is 27.2 Å². The molecule has 5 rings (SSSR count). The zero-order valence-electron chi connectivity index (χ0n) is 37.7. The van der Waals surface area contributed by atoms with Crippen molar-refractivity contribution in [3.8, 4) is 16.9 Å². The largest absolute Gasteiger partial charge is 0.489 e. The van der Waals surface area contributed by atoms with Crippen molar-refractivity contribution < 1.29 is 43.2 Å². The number of fused-ring (bicyclic) bond motifs is 1. The lowest BCUT2D eigenvalue weighted by atomic mass is 9.95. The van der Waals surface area contributed by atoms with Gasteiger partial charge in [-0.25, -0.2) is 15.3 Å². The average molecular weight is 974 g/mol. The van der Waals surface area contributed by atoms with Gasteiger partial charge in [-0.05, 0) is 29.7 Å². The maximum Gasteiger partial charge on any atom is 0.326 e. The molecule has 0 fully saturated rings. The van der Waals surface area contributed by atoms with Crippen LogP contribution in [0.5, 0.6) is 5.75 Å². The third-order valence-corrected chi connectivity index (χ3v) is 11.1. The molecule has 0 bridgehead atoms. The summed E-state index contributed by atoms with van der Waals surface area (Å²) in [5, 5.41) is 17.9. The van der Waals surface area contributed by atoms with Crippen LogP contribution in [0.25, 0.3) is 16.8 Å². The van der Waals surface area contributed by atoms with E-state index in [1.165, 1.54) is 35.3 Å². The van der Waals surface area contributed by atoms with E-state index in [4.69, 9.17) is 53.7 Å². The molecule has 0 radical (unpaired) electrons. The van der Waals surface area contributed by atoms with E-state index in [1.54, 1.807) is 41.3 Å². The predicted octanol–water partition coefficient (Wildman–Crippen LogP) is 4.84. The number of amides is 2. The van der Waals surface area contributed by atoms with E-state index in [0.717, 1.165) is 17.4 Å². The van der Waals surface area contributed by atoms with Crippen LogP contribution in [0.15, 0.2) is 114 Å². The number of hydrogen-bond donors (Lipinski definition) is 4. The van der Waals surface area contributed by atoms with Gasteiger partial charge in [-0.2, -0.15) is 5.10 Å². The monoisotopic (exact) mass is 972 g/mol. The fraction of sp³-hybridized carbons (Fsp3) is 0.312. The van der Waals surface area contributed by atoms with Crippen LogP contribution in [0.2, 0.25) is 10.0 Å². The number of hydrogen-bond acceptors (Lipinski definition) is 14. The van der Waals surface area contributed by atoms with E-state index in [9.17, 15) is 29.1 Å². The van der Waals surface area contributed by atoms with Gasteiger partial charge in [0.1, 0.15) is 18.9 Å². The number of carboxylic acids is 1. The van der Waals surface area contributed by atoms with Crippen molar-refractivity contribution in [3.63, 3.8) is 0 Å². The second-order valence-electron chi connectivity index (χ2n) is 15.0. The van der Waals surface area contributed by atoms with Crippen LogP contribution in [0.1, 0.15) is 46.8 Å². The number of aliphatic carboxylic acids is 1. The van der Waals surface area contributed by atoms with Crippen LogP contribution in [0, 0.1) is 0 Å². The Bertz CT molecular complexity index is 2580. The Morgan fingerprint density at radius 1 is 0.971 bits per heavy atom. The van der Waals surface area contributed by atoms with Gasteiger partial charge in [-0.15, -0.1) is 0 Å². The molecule has 18 nitrogen and oxygen atoms in total. The second-order valence-corrected chi connectivity index (χ2v) is 15.9. The highest BCUT2D eigenvalue weighted by Gasteiger charge is 2.28. The van der Waals surface area contributed by atoms with Gasteiger partial charge in [-0.3, -0.25) is 19.4 Å². The highest BCUT2D eigenvalue weighted by atomic mass is 35.5. The summed E-state index contributed by atoms with van der Waals surface area (Å²) in [6.45, 7) is 8.02. The number of halogens is 2. The summed E-state index contributed by atoms with van der Waals surface area (Å²) >= 11 is 12.2. The minimum atomic E-state index is -1.31. The fourth-order valence-corrected chi connectivity index (χ4v) is 7.67. The number of nitrogens with two attached hydrogens (primary N) is 2. The lowest BCUT2D eigenvalue weighted by molar-refractivity contribution is -0.139. The van der Waals surface area contributed by atoms with Gasteiger partial charge >= 0.3 is 5.97 Å². The Kier molecular flexibility index (Phi) is 20.0. The SMILES string of the molecule is C=CC1=C(\C=C/C)N(C(=O)CCC=O)Cc2ccccc2/C(N(N)CCOCCOCCOCCOc2cnn(C)c(=O)c2-c2ccc(CC(NC(=O)c3c(Cl)cncc3Cl)C(=O)O)cc2)=C\1N. The van der Waals surface area contributed by atoms with Gasteiger partial charge in [0.2, 0.25) is 5.91 Å². The first kappa shape index (κ1) is 52.3. The number of carbonyl (C=O) groups is 4. The van der Waals surface area contributed by atoms with E-state index >= 15 is 0 Å². The zero-order valence-corrected chi connectivity index (χ0v) is 39.2. The number of allylic oxidation sites excluding steroid dienone is 3. The van der Waals surface area contributed by atoms with Gasteiger partial charge in [0.25, 0.3) is 11.5 Å². The van der Waals surface area contributed by atoms with Gasteiger partial charge in [-0.1, -0.05) is 90.5 Å². The molecule has 1 atom stereocenters. The number of rotatable bonds is 25. The maximum atomic E-state index is 13.3. The molecule has 1 aliphatic heterocycles. The summed E-state index contributed by atoms with van der Waals surface area (Å²) < 4.78 is 24.3. The standard InChI is InChI=1S/C48H54Cl2N8O10/c1-4-9-39-34(5-2)44(51)45(35-11-7-6-10-33(35)30-57(39)41(60)12-8-18-59)58(52)17-19-65-20-21-66-22-23-67-24-25-68-40-29-54-56(3)47(62)42(40)32-15-13-31(14-16-32)26-38(48(63)64)55-46(61)43-36(49)27-53-28-37(43)50/h4-7,9-11,13-16,18,27-29,38H,2,8,12,17,19-26,30,51-52H2,1,3H3,(H,55,61)(H,63,64)/b9-4-,39-34-,45-44-. The number of aromatic nitrogens is 3. The molecule has 0 aliphatic carbocycles. The zero-order chi connectivity index (χ0) is 49.2. The number of hydrazine groups is 1. The number of aryl methyl sites for hydroxylation is 1. The van der Waals surface area contributed by atoms with E-state index in [1.807, 2.05) is 37.3 Å². The lowest BCUT2D eigenvalue weighted by Gasteiger charge is -2.33. The summed E-state index contributed by atoms with van der Waals surface area (Å²) in [6, 6.07) is 12.9. The van der Waals surface area contributed by atoms with E-state index in [-0.39, 0.29) is 105 Å². The van der Waals surface area contributed by atoms with Gasteiger partial charge in [0.05, 0.1) is 97.2 Å². The molecule has 0 saturated carbocycles. The Morgan fingerprint density at radius 2 is 1.62 bits per heavy atom. The van der Waals surface area contributed by atoms with Crippen LogP contribution in [0.3, 0.4) is 0 Å². The third-order valence-electron chi connectivity index (χ3n) is 10.5. The molecule has 6 N–H and O–H groups in total. The molecule has 3 heterocycles. The molecule has 1 aliphatic rings. The molecule has 20 heteroatoms. The van der Waals surface area contributed by atoms with Crippen molar-refractivity contribution in [2.24, 2.45) is 18.6 Å². The molecule has 4 aromatic rings. The predicted molar refractivity (Wildman–Crippen MR) is 256 cm³/mol. The minimum Gasteiger partial charge on any atom is -0.489 e. The van der Waals surface area contributed by atoms with Crippen molar-refractivity contribution >= 4 is 53.0 Å². The van der Waals surface area contributed by atoms with E-state index in [2.05, 4.69) is 22.0 Å². The second kappa shape index (κ2) is 26.0. The number of nitrogens with one attached hydrogen (secondary N) is 1. The summed E-state index contributed by atoms with van der Waals surface area (Å²) in [6.07, 6.45) is 9.89. The maximum absolute atomic E-state index is 13.3. The Hall–Kier alpha value is -6.67. The van der Waals surface area contributed by atoms with Crippen LogP contribution >= 0.6 is 23.2 Å². The van der Waals surface area contributed by atoms with Gasteiger partial charge < -0.3 is 49.8 Å². The lowest BCUT2D eigenvalue weighted by Crippen LogP contribution is -2.42. The molecular weight excluding hydrogens is 919 g/mol. The molecular formula is C48H54Cl2N8O10.